The number of likely N-dealkylation sites (N-methyl/N-ethyl adjacent to an activating group) is 1. The molecule has 0 fully saturated rings. The molecule has 10 heteroatoms. The number of carbonyl (C=O) groups excluding carboxylic acids is 2. The van der Waals surface area contributed by atoms with Gasteiger partial charge in [-0.3, -0.25) is 14.7 Å². The molecule has 2 amide bonds. The summed E-state index contributed by atoms with van der Waals surface area (Å²) in [5.41, 5.74) is 2.04. The normalized spacial score (nSPS) is 15.9. The molecule has 3 heterocycles. The van der Waals surface area contributed by atoms with Gasteiger partial charge >= 0.3 is 0 Å². The monoisotopic (exact) mass is 435 g/mol. The summed E-state index contributed by atoms with van der Waals surface area (Å²) in [4.78, 5) is 31.2. The van der Waals surface area contributed by atoms with Gasteiger partial charge in [-0.15, -0.1) is 5.10 Å². The van der Waals surface area contributed by atoms with Crippen molar-refractivity contribution < 1.29 is 23.1 Å². The quantitative estimate of drug-likeness (QED) is 0.509. The molecule has 0 radical (unpaired) electrons. The fraction of sp³-hybridized carbons (Fsp3) is 0.182. The highest BCUT2D eigenvalue weighted by Crippen LogP contribution is 2.35. The Morgan fingerprint density at radius 1 is 1.28 bits per heavy atom. The van der Waals surface area contributed by atoms with Crippen LogP contribution in [-0.2, 0) is 11.2 Å². The standard InChI is InChI=1S/C22H18FN5O4/c1-28-16-9-13-6-7-31-17(13)10-18(16)32-11-15(22(28)30)24-21(29)20-25-19(26-27-20)8-12-2-4-14(23)5-3-12/h2-7,9-10,15H,8,11H2,1H3,(H,24,29)(H,25,26,27). The zero-order chi connectivity index (χ0) is 22.2. The summed E-state index contributed by atoms with van der Waals surface area (Å²) < 4.78 is 24.2. The van der Waals surface area contributed by atoms with Crippen LogP contribution < -0.4 is 15.0 Å². The van der Waals surface area contributed by atoms with Crippen molar-refractivity contribution in [2.24, 2.45) is 0 Å². The molecule has 0 spiro atoms. The molecule has 0 aliphatic carbocycles. The first-order valence-corrected chi connectivity index (χ1v) is 9.86. The lowest BCUT2D eigenvalue weighted by Gasteiger charge is -2.20. The summed E-state index contributed by atoms with van der Waals surface area (Å²) >= 11 is 0. The third-order valence-electron chi connectivity index (χ3n) is 5.25. The number of benzene rings is 2. The number of hydrogen-bond donors (Lipinski definition) is 2. The molecule has 1 unspecified atom stereocenters. The highest BCUT2D eigenvalue weighted by atomic mass is 19.1. The summed E-state index contributed by atoms with van der Waals surface area (Å²) in [6.07, 6.45) is 1.92. The van der Waals surface area contributed by atoms with Crippen molar-refractivity contribution in [2.75, 3.05) is 18.6 Å². The van der Waals surface area contributed by atoms with Crippen molar-refractivity contribution in [3.05, 3.63) is 71.8 Å². The van der Waals surface area contributed by atoms with Crippen LogP contribution in [0, 0.1) is 5.82 Å². The Balaban J connectivity index is 1.29. The number of ether oxygens (including phenoxy) is 1. The fourth-order valence-electron chi connectivity index (χ4n) is 3.55. The molecule has 9 nitrogen and oxygen atoms in total. The van der Waals surface area contributed by atoms with Gasteiger partial charge in [0.05, 0.1) is 12.0 Å². The smallest absolute Gasteiger partial charge is 0.291 e. The number of hydrogen-bond acceptors (Lipinski definition) is 6. The SMILES string of the molecule is CN1C(=O)C(NC(=O)c2n[nH]c(Cc3ccc(F)cc3)n2)COc2cc3occc3cc21. The number of rotatable bonds is 4. The van der Waals surface area contributed by atoms with Crippen LogP contribution in [0.25, 0.3) is 11.0 Å². The molecule has 0 saturated carbocycles. The van der Waals surface area contributed by atoms with Crippen molar-refractivity contribution in [1.29, 1.82) is 0 Å². The van der Waals surface area contributed by atoms with Crippen LogP contribution in [0.5, 0.6) is 5.75 Å². The van der Waals surface area contributed by atoms with Gasteiger partial charge in [-0.05, 0) is 29.8 Å². The van der Waals surface area contributed by atoms with Crippen molar-refractivity contribution in [1.82, 2.24) is 20.5 Å². The third kappa shape index (κ3) is 3.66. The molecule has 2 N–H and O–H groups in total. The Hall–Kier alpha value is -4.21. The summed E-state index contributed by atoms with van der Waals surface area (Å²) in [6, 6.07) is 10.3. The number of H-pyrrole nitrogens is 1. The van der Waals surface area contributed by atoms with Crippen LogP contribution in [0.2, 0.25) is 0 Å². The fourth-order valence-corrected chi connectivity index (χ4v) is 3.55. The van der Waals surface area contributed by atoms with E-state index in [1.54, 1.807) is 43.6 Å². The van der Waals surface area contributed by atoms with Gasteiger partial charge in [-0.25, -0.2) is 9.37 Å². The molecule has 1 aliphatic rings. The highest BCUT2D eigenvalue weighted by molar-refractivity contribution is 6.03. The van der Waals surface area contributed by atoms with Gasteiger partial charge in [-0.1, -0.05) is 12.1 Å². The van der Waals surface area contributed by atoms with E-state index in [0.29, 0.717) is 29.3 Å². The zero-order valence-electron chi connectivity index (χ0n) is 17.0. The van der Waals surface area contributed by atoms with Gasteiger partial charge in [0.2, 0.25) is 5.82 Å². The second-order valence-corrected chi connectivity index (χ2v) is 7.42. The first kappa shape index (κ1) is 19.7. The minimum atomic E-state index is -0.926. The average molecular weight is 435 g/mol. The molecule has 32 heavy (non-hydrogen) atoms. The van der Waals surface area contributed by atoms with Crippen LogP contribution in [0.15, 0.2) is 53.1 Å². The maximum atomic E-state index is 13.1. The van der Waals surface area contributed by atoms with Crippen LogP contribution in [0.4, 0.5) is 10.1 Å². The lowest BCUT2D eigenvalue weighted by Crippen LogP contribution is -2.49. The number of furan rings is 1. The van der Waals surface area contributed by atoms with E-state index in [2.05, 4.69) is 20.5 Å². The van der Waals surface area contributed by atoms with E-state index >= 15 is 0 Å². The number of amides is 2. The predicted octanol–water partition coefficient (Wildman–Crippen LogP) is 2.43. The molecule has 0 bridgehead atoms. The second kappa shape index (κ2) is 7.80. The van der Waals surface area contributed by atoms with Crippen LogP contribution in [0.1, 0.15) is 22.0 Å². The average Bonchev–Trinajstić information content (AvgIpc) is 3.43. The summed E-state index contributed by atoms with van der Waals surface area (Å²) in [5, 5.41) is 10.1. The number of halogens is 1. The van der Waals surface area contributed by atoms with Gasteiger partial charge in [0.25, 0.3) is 11.8 Å². The predicted molar refractivity (Wildman–Crippen MR) is 112 cm³/mol. The first-order valence-electron chi connectivity index (χ1n) is 9.86. The molecule has 1 atom stereocenters. The van der Waals surface area contributed by atoms with E-state index in [1.807, 2.05) is 0 Å². The Morgan fingerprint density at radius 3 is 2.91 bits per heavy atom. The van der Waals surface area contributed by atoms with E-state index < -0.39 is 11.9 Å². The van der Waals surface area contributed by atoms with Crippen LogP contribution >= 0.6 is 0 Å². The molecule has 4 aromatic rings. The first-order chi connectivity index (χ1) is 15.5. The van der Waals surface area contributed by atoms with Gasteiger partial charge < -0.3 is 19.4 Å². The van der Waals surface area contributed by atoms with Gasteiger partial charge in [-0.2, -0.15) is 0 Å². The Bertz CT molecular complexity index is 1310. The van der Waals surface area contributed by atoms with E-state index in [9.17, 15) is 14.0 Å². The Kier molecular flexibility index (Phi) is 4.81. The minimum Gasteiger partial charge on any atom is -0.489 e. The number of aromatic nitrogens is 3. The molecule has 162 valence electrons. The summed E-state index contributed by atoms with van der Waals surface area (Å²) in [5.74, 6) is -0.445. The molecule has 1 aliphatic heterocycles. The summed E-state index contributed by atoms with van der Waals surface area (Å²) in [6.45, 7) is -0.0546. The van der Waals surface area contributed by atoms with Crippen LogP contribution in [0.3, 0.4) is 0 Å². The van der Waals surface area contributed by atoms with E-state index in [0.717, 1.165) is 10.9 Å². The van der Waals surface area contributed by atoms with Crippen molar-refractivity contribution in [2.45, 2.75) is 12.5 Å². The topological polar surface area (TPSA) is 113 Å². The molecule has 2 aromatic carbocycles. The molecular weight excluding hydrogens is 417 g/mol. The van der Waals surface area contributed by atoms with Crippen molar-refractivity contribution >= 4 is 28.5 Å². The maximum Gasteiger partial charge on any atom is 0.291 e. The largest absolute Gasteiger partial charge is 0.489 e. The zero-order valence-corrected chi connectivity index (χ0v) is 17.0. The van der Waals surface area contributed by atoms with E-state index in [4.69, 9.17) is 9.15 Å². The van der Waals surface area contributed by atoms with Crippen molar-refractivity contribution in [3.8, 4) is 5.75 Å². The second-order valence-electron chi connectivity index (χ2n) is 7.42. The Labute approximate surface area is 181 Å². The third-order valence-corrected chi connectivity index (χ3v) is 5.25. The Morgan fingerprint density at radius 2 is 2.09 bits per heavy atom. The number of anilines is 1. The number of nitrogens with zero attached hydrogens (tertiary/aromatic N) is 3. The van der Waals surface area contributed by atoms with Crippen LogP contribution in [-0.4, -0.2) is 46.7 Å². The molecular formula is C22H18FN5O4. The highest BCUT2D eigenvalue weighted by Gasteiger charge is 2.32. The lowest BCUT2D eigenvalue weighted by molar-refractivity contribution is -0.120. The number of fused-ring (bicyclic) bond motifs is 2. The molecule has 2 aromatic heterocycles. The van der Waals surface area contributed by atoms with E-state index in [1.165, 1.54) is 17.0 Å². The number of carbonyl (C=O) groups is 2. The number of aromatic amines is 1. The lowest BCUT2D eigenvalue weighted by atomic mass is 10.1. The van der Waals surface area contributed by atoms with Crippen molar-refractivity contribution in [3.63, 3.8) is 0 Å². The minimum absolute atomic E-state index is 0.0546. The molecule has 5 rings (SSSR count). The van der Waals surface area contributed by atoms with Gasteiger partial charge in [0.15, 0.2) is 0 Å². The van der Waals surface area contributed by atoms with E-state index in [-0.39, 0.29) is 24.2 Å². The maximum absolute atomic E-state index is 13.1. The summed E-state index contributed by atoms with van der Waals surface area (Å²) in [7, 11) is 1.62. The molecule has 0 saturated heterocycles. The van der Waals surface area contributed by atoms with Gasteiger partial charge in [0, 0.05) is 24.9 Å². The number of nitrogens with one attached hydrogen (secondary N) is 2. The van der Waals surface area contributed by atoms with Gasteiger partial charge in [0.1, 0.15) is 35.6 Å².